The Morgan fingerprint density at radius 1 is 1.14 bits per heavy atom. The number of hydrogen-bond acceptors (Lipinski definition) is 6. The zero-order valence-corrected chi connectivity index (χ0v) is 13.3. The first-order valence-electron chi connectivity index (χ1n) is 6.96. The number of rotatable bonds is 5. The van der Waals surface area contributed by atoms with Crippen molar-refractivity contribution in [3.05, 3.63) is 30.2 Å². The van der Waals surface area contributed by atoms with Gasteiger partial charge in [0.1, 0.15) is 0 Å². The number of nitrogens with zero attached hydrogens (tertiary/aromatic N) is 3. The molecule has 6 nitrogen and oxygen atoms in total. The maximum atomic E-state index is 5.60. The maximum absolute atomic E-state index is 5.60. The molecule has 2 N–H and O–H groups in total. The van der Waals surface area contributed by atoms with Crippen LogP contribution in [0.25, 0.3) is 0 Å². The predicted octanol–water partition coefficient (Wildman–Crippen LogP) is 2.77. The van der Waals surface area contributed by atoms with Gasteiger partial charge in [0.2, 0.25) is 5.89 Å². The van der Waals surface area contributed by atoms with E-state index in [1.807, 2.05) is 43.3 Å². The number of aromatic nitrogens is 2. The van der Waals surface area contributed by atoms with E-state index in [1.165, 1.54) is 0 Å². The Balaban J connectivity index is 2.06. The van der Waals surface area contributed by atoms with E-state index in [-0.39, 0.29) is 5.54 Å². The Morgan fingerprint density at radius 3 is 2.52 bits per heavy atom. The summed E-state index contributed by atoms with van der Waals surface area (Å²) in [6.07, 6.45) is 0. The van der Waals surface area contributed by atoms with E-state index in [0.29, 0.717) is 18.5 Å². The van der Waals surface area contributed by atoms with Gasteiger partial charge in [-0.15, -0.1) is 5.10 Å². The molecule has 0 spiro atoms. The fraction of sp³-hybridized carbons (Fsp3) is 0.467. The topological polar surface area (TPSA) is 66.2 Å². The molecule has 1 heterocycles. The third-order valence-corrected chi connectivity index (χ3v) is 2.86. The van der Waals surface area contributed by atoms with Gasteiger partial charge in [-0.1, -0.05) is 17.2 Å². The zero-order valence-electron chi connectivity index (χ0n) is 13.3. The third-order valence-electron chi connectivity index (χ3n) is 2.86. The minimum atomic E-state index is 0.0135. The van der Waals surface area contributed by atoms with Crippen molar-refractivity contribution in [1.29, 1.82) is 0 Å². The van der Waals surface area contributed by atoms with Crippen LogP contribution in [0.5, 0.6) is 0 Å². The van der Waals surface area contributed by atoms with Crippen LogP contribution in [0.3, 0.4) is 0 Å². The normalized spacial score (nSPS) is 11.5. The summed E-state index contributed by atoms with van der Waals surface area (Å²) in [6.45, 7) is 6.83. The van der Waals surface area contributed by atoms with Gasteiger partial charge in [-0.05, 0) is 32.9 Å². The summed E-state index contributed by atoms with van der Waals surface area (Å²) in [7, 11) is 3.99. The third kappa shape index (κ3) is 4.46. The van der Waals surface area contributed by atoms with Crippen LogP contribution in [0.4, 0.5) is 17.4 Å². The zero-order chi connectivity index (χ0) is 15.5. The molecule has 0 saturated heterocycles. The first-order valence-corrected chi connectivity index (χ1v) is 6.96. The van der Waals surface area contributed by atoms with Crippen LogP contribution in [-0.4, -0.2) is 29.8 Å². The smallest absolute Gasteiger partial charge is 0.320 e. The summed E-state index contributed by atoms with van der Waals surface area (Å²) in [5.41, 5.74) is 2.01. The van der Waals surface area contributed by atoms with Gasteiger partial charge in [-0.2, -0.15) is 0 Å². The van der Waals surface area contributed by atoms with Gasteiger partial charge >= 0.3 is 6.01 Å². The Kier molecular flexibility index (Phi) is 4.47. The summed E-state index contributed by atoms with van der Waals surface area (Å²) in [5, 5.41) is 14.5. The molecule has 0 saturated carbocycles. The largest absolute Gasteiger partial charge is 0.406 e. The Hall–Kier alpha value is -2.08. The van der Waals surface area contributed by atoms with Gasteiger partial charge in [0.25, 0.3) is 0 Å². The molecule has 0 aliphatic rings. The van der Waals surface area contributed by atoms with Crippen LogP contribution in [0.2, 0.25) is 0 Å². The molecule has 21 heavy (non-hydrogen) atoms. The van der Waals surface area contributed by atoms with E-state index in [2.05, 4.69) is 41.6 Å². The molecule has 0 unspecified atom stereocenters. The van der Waals surface area contributed by atoms with Crippen LogP contribution in [-0.2, 0) is 6.54 Å². The molecule has 1 aromatic heterocycles. The SMILES string of the molecule is CN(C)c1ccccc1Nc1nnc(CNC(C)(C)C)o1. The van der Waals surface area contributed by atoms with E-state index < -0.39 is 0 Å². The molecular formula is C15H23N5O. The molecule has 6 heteroatoms. The molecule has 0 bridgehead atoms. The first kappa shape index (κ1) is 15.3. The molecule has 0 amide bonds. The average Bonchev–Trinajstić information content (AvgIpc) is 2.84. The standard InChI is InChI=1S/C15H23N5O/c1-15(2,3)16-10-13-18-19-14(21-13)17-11-8-6-7-9-12(11)20(4)5/h6-9,16H,10H2,1-5H3,(H,17,19). The molecule has 0 aliphatic carbocycles. The quantitative estimate of drug-likeness (QED) is 0.882. The summed E-state index contributed by atoms with van der Waals surface area (Å²) < 4.78 is 5.60. The lowest BCUT2D eigenvalue weighted by Crippen LogP contribution is -2.35. The number of nitrogens with one attached hydrogen (secondary N) is 2. The van der Waals surface area contributed by atoms with Gasteiger partial charge in [0.05, 0.1) is 17.9 Å². The number of benzene rings is 1. The van der Waals surface area contributed by atoms with E-state index in [9.17, 15) is 0 Å². The molecule has 0 atom stereocenters. The van der Waals surface area contributed by atoms with Crippen LogP contribution in [0.15, 0.2) is 28.7 Å². The van der Waals surface area contributed by atoms with Gasteiger partial charge in [0.15, 0.2) is 0 Å². The molecule has 0 fully saturated rings. The number of anilines is 3. The second-order valence-corrected chi connectivity index (χ2v) is 6.14. The van der Waals surface area contributed by atoms with Crippen molar-refractivity contribution in [2.45, 2.75) is 32.9 Å². The highest BCUT2D eigenvalue weighted by Gasteiger charge is 2.13. The Bertz CT molecular complexity index is 586. The van der Waals surface area contributed by atoms with Crippen molar-refractivity contribution in [2.75, 3.05) is 24.3 Å². The van der Waals surface area contributed by atoms with E-state index in [4.69, 9.17) is 4.42 Å². The maximum Gasteiger partial charge on any atom is 0.320 e. The first-order chi connectivity index (χ1) is 9.85. The van der Waals surface area contributed by atoms with Crippen LogP contribution < -0.4 is 15.5 Å². The minimum absolute atomic E-state index is 0.0135. The molecular weight excluding hydrogens is 266 g/mol. The average molecular weight is 289 g/mol. The second kappa shape index (κ2) is 6.13. The van der Waals surface area contributed by atoms with E-state index in [1.54, 1.807) is 0 Å². The highest BCUT2D eigenvalue weighted by atomic mass is 16.4. The summed E-state index contributed by atoms with van der Waals surface area (Å²) in [4.78, 5) is 2.03. The van der Waals surface area contributed by atoms with Crippen molar-refractivity contribution >= 4 is 17.4 Å². The highest BCUT2D eigenvalue weighted by molar-refractivity contribution is 5.72. The summed E-state index contributed by atoms with van der Waals surface area (Å²) in [5.74, 6) is 0.565. The van der Waals surface area contributed by atoms with E-state index >= 15 is 0 Å². The molecule has 0 aliphatic heterocycles. The fourth-order valence-corrected chi connectivity index (χ4v) is 1.80. The Labute approximate surface area is 125 Å². The molecule has 1 aromatic carbocycles. The minimum Gasteiger partial charge on any atom is -0.406 e. The van der Waals surface area contributed by atoms with Crippen molar-refractivity contribution in [2.24, 2.45) is 0 Å². The number of para-hydroxylation sites is 2. The monoisotopic (exact) mass is 289 g/mol. The van der Waals surface area contributed by atoms with Crippen molar-refractivity contribution in [3.8, 4) is 0 Å². The van der Waals surface area contributed by atoms with Gasteiger partial charge in [0, 0.05) is 19.6 Å². The van der Waals surface area contributed by atoms with Crippen molar-refractivity contribution in [3.63, 3.8) is 0 Å². The lowest BCUT2D eigenvalue weighted by atomic mass is 10.1. The Morgan fingerprint density at radius 2 is 1.86 bits per heavy atom. The van der Waals surface area contributed by atoms with Crippen LogP contribution >= 0.6 is 0 Å². The van der Waals surface area contributed by atoms with Gasteiger partial charge in [-0.25, -0.2) is 0 Å². The lowest BCUT2D eigenvalue weighted by Gasteiger charge is -2.18. The second-order valence-electron chi connectivity index (χ2n) is 6.14. The number of hydrogen-bond donors (Lipinski definition) is 2. The lowest BCUT2D eigenvalue weighted by molar-refractivity contribution is 0.384. The predicted molar refractivity (Wildman–Crippen MR) is 84.9 cm³/mol. The summed E-state index contributed by atoms with van der Waals surface area (Å²) >= 11 is 0. The summed E-state index contributed by atoms with van der Waals surface area (Å²) in [6, 6.07) is 8.36. The fourth-order valence-electron chi connectivity index (χ4n) is 1.80. The molecule has 2 rings (SSSR count). The highest BCUT2D eigenvalue weighted by Crippen LogP contribution is 2.26. The van der Waals surface area contributed by atoms with Gasteiger partial charge in [-0.3, -0.25) is 0 Å². The molecule has 0 radical (unpaired) electrons. The van der Waals surface area contributed by atoms with E-state index in [0.717, 1.165) is 11.4 Å². The van der Waals surface area contributed by atoms with Crippen LogP contribution in [0.1, 0.15) is 26.7 Å². The molecule has 114 valence electrons. The van der Waals surface area contributed by atoms with Crippen LogP contribution in [0, 0.1) is 0 Å². The van der Waals surface area contributed by atoms with Crippen molar-refractivity contribution in [1.82, 2.24) is 15.5 Å². The molecule has 2 aromatic rings. The van der Waals surface area contributed by atoms with Gasteiger partial charge < -0.3 is 20.0 Å². The van der Waals surface area contributed by atoms with Crippen molar-refractivity contribution < 1.29 is 4.42 Å².